The fourth-order valence-electron chi connectivity index (χ4n) is 1.47. The molecule has 0 fully saturated rings. The summed E-state index contributed by atoms with van der Waals surface area (Å²) in [5.41, 5.74) is 7.25. The van der Waals surface area contributed by atoms with Crippen LogP contribution in [0, 0.1) is 0 Å². The van der Waals surface area contributed by atoms with Gasteiger partial charge in [0.2, 0.25) is 0 Å². The molecule has 0 aliphatic heterocycles. The van der Waals surface area contributed by atoms with Gasteiger partial charge in [-0.1, -0.05) is 0 Å². The summed E-state index contributed by atoms with van der Waals surface area (Å²) < 4.78 is 2.61. The van der Waals surface area contributed by atoms with Crippen molar-refractivity contribution >= 4 is 36.0 Å². The summed E-state index contributed by atoms with van der Waals surface area (Å²) in [4.78, 5) is 2.38. The van der Waals surface area contributed by atoms with Crippen molar-refractivity contribution in [3.8, 4) is 0 Å². The molecular formula is C10H17NSSn. The SMILES string of the molecule is CC(N)c1cccc[c]1[SnH]([CH3])[CH2]S. The van der Waals surface area contributed by atoms with Gasteiger partial charge in [-0.25, -0.2) is 0 Å². The maximum atomic E-state index is 5.92. The molecular weight excluding hydrogens is 285 g/mol. The molecule has 13 heavy (non-hydrogen) atoms. The summed E-state index contributed by atoms with van der Waals surface area (Å²) in [5, 5.41) is 0. The van der Waals surface area contributed by atoms with Crippen LogP contribution in [0.4, 0.5) is 0 Å². The van der Waals surface area contributed by atoms with Gasteiger partial charge < -0.3 is 0 Å². The molecule has 1 aromatic rings. The van der Waals surface area contributed by atoms with Crippen LogP contribution in [0.5, 0.6) is 0 Å². The molecule has 72 valence electrons. The Hall–Kier alpha value is 0.329. The molecule has 3 heteroatoms. The van der Waals surface area contributed by atoms with Crippen LogP contribution in [0.15, 0.2) is 24.3 Å². The van der Waals surface area contributed by atoms with Crippen molar-refractivity contribution in [2.24, 2.45) is 5.73 Å². The maximum absolute atomic E-state index is 5.92. The van der Waals surface area contributed by atoms with Crippen molar-refractivity contribution < 1.29 is 0 Å². The second-order valence-electron chi connectivity index (χ2n) is 3.50. The molecule has 1 nitrogen and oxygen atoms in total. The van der Waals surface area contributed by atoms with Crippen molar-refractivity contribution in [1.82, 2.24) is 0 Å². The summed E-state index contributed by atoms with van der Waals surface area (Å²) in [6.45, 7) is 2.05. The fourth-order valence-corrected chi connectivity index (χ4v) is 7.26. The van der Waals surface area contributed by atoms with E-state index in [9.17, 15) is 0 Å². The minimum atomic E-state index is -1.53. The Morgan fingerprint density at radius 1 is 1.46 bits per heavy atom. The van der Waals surface area contributed by atoms with Crippen molar-refractivity contribution in [3.63, 3.8) is 0 Å². The van der Waals surface area contributed by atoms with Gasteiger partial charge in [0.05, 0.1) is 0 Å². The molecule has 2 unspecified atom stereocenters. The van der Waals surface area contributed by atoms with Gasteiger partial charge in [0.1, 0.15) is 0 Å². The Labute approximate surface area is 92.9 Å². The van der Waals surface area contributed by atoms with Gasteiger partial charge in [-0.3, -0.25) is 0 Å². The van der Waals surface area contributed by atoms with Crippen molar-refractivity contribution in [1.29, 1.82) is 0 Å². The molecule has 1 rings (SSSR count). The van der Waals surface area contributed by atoms with Gasteiger partial charge in [0, 0.05) is 0 Å². The second kappa shape index (κ2) is 5.27. The Bertz CT molecular complexity index is 275. The zero-order valence-corrected chi connectivity index (χ0v) is 12.4. The number of benzene rings is 1. The van der Waals surface area contributed by atoms with Gasteiger partial charge in [-0.05, 0) is 0 Å². The van der Waals surface area contributed by atoms with E-state index < -0.39 is 19.8 Å². The van der Waals surface area contributed by atoms with Crippen LogP contribution in [-0.2, 0) is 0 Å². The molecule has 0 saturated carbocycles. The van der Waals surface area contributed by atoms with E-state index in [2.05, 4.69) is 48.8 Å². The van der Waals surface area contributed by atoms with E-state index in [1.807, 2.05) is 0 Å². The van der Waals surface area contributed by atoms with Crippen molar-refractivity contribution in [2.75, 3.05) is 3.77 Å². The number of rotatable bonds is 3. The van der Waals surface area contributed by atoms with E-state index in [0.29, 0.717) is 0 Å². The van der Waals surface area contributed by atoms with Gasteiger partial charge in [-0.15, -0.1) is 0 Å². The standard InChI is InChI=1S/C8H10N.CH3S.CH3.Sn.H/c1-7(9)8-5-3-2-4-6-8;1-2;;;/h2-5,7H,9H2,1H3;2H,1H2;1H3;;. The van der Waals surface area contributed by atoms with E-state index in [1.54, 1.807) is 0 Å². The second-order valence-corrected chi connectivity index (χ2v) is 13.9. The minimum absolute atomic E-state index is 0.162. The normalized spacial score (nSPS) is 15.4. The summed E-state index contributed by atoms with van der Waals surface area (Å²) in [7, 11) is 0. The molecule has 2 atom stereocenters. The van der Waals surface area contributed by atoms with Gasteiger partial charge in [0.15, 0.2) is 0 Å². The first kappa shape index (κ1) is 11.4. The Kier molecular flexibility index (Phi) is 4.62. The van der Waals surface area contributed by atoms with Crippen LogP contribution in [0.3, 0.4) is 0 Å². The Morgan fingerprint density at radius 2 is 2.08 bits per heavy atom. The number of nitrogens with two attached hydrogens (primary N) is 1. The average molecular weight is 302 g/mol. The van der Waals surface area contributed by atoms with Gasteiger partial charge in [-0.2, -0.15) is 0 Å². The predicted octanol–water partition coefficient (Wildman–Crippen LogP) is 1.24. The van der Waals surface area contributed by atoms with Crippen molar-refractivity contribution in [2.45, 2.75) is 17.9 Å². The average Bonchev–Trinajstić information content (AvgIpc) is 2.16. The monoisotopic (exact) mass is 303 g/mol. The Balaban J connectivity index is 3.04. The Morgan fingerprint density at radius 3 is 2.62 bits per heavy atom. The van der Waals surface area contributed by atoms with Crippen LogP contribution < -0.4 is 9.31 Å². The molecule has 0 amide bonds. The third-order valence-electron chi connectivity index (χ3n) is 2.29. The van der Waals surface area contributed by atoms with E-state index >= 15 is 0 Å². The number of hydrogen-bond donors (Lipinski definition) is 2. The zero-order chi connectivity index (χ0) is 9.84. The fraction of sp³-hybridized carbons (Fsp3) is 0.400. The van der Waals surface area contributed by atoms with Crippen LogP contribution >= 0.6 is 12.6 Å². The van der Waals surface area contributed by atoms with Crippen LogP contribution in [-0.4, -0.2) is 23.5 Å². The quantitative estimate of drug-likeness (QED) is 0.638. The third kappa shape index (κ3) is 2.89. The molecule has 0 aliphatic carbocycles. The molecule has 0 aliphatic rings. The van der Waals surface area contributed by atoms with Crippen molar-refractivity contribution in [3.05, 3.63) is 29.8 Å². The number of hydrogen-bond acceptors (Lipinski definition) is 2. The first-order chi connectivity index (χ1) is 6.16. The molecule has 2 N–H and O–H groups in total. The molecule has 0 spiro atoms. The molecule has 0 heterocycles. The van der Waals surface area contributed by atoms with Crippen LogP contribution in [0.1, 0.15) is 18.5 Å². The molecule has 0 saturated heterocycles. The summed E-state index contributed by atoms with van der Waals surface area (Å²) >= 11 is 2.86. The van der Waals surface area contributed by atoms with Crippen LogP contribution in [0.2, 0.25) is 4.94 Å². The summed E-state index contributed by atoms with van der Waals surface area (Å²) in [6.07, 6.45) is 0. The first-order valence-electron chi connectivity index (χ1n) is 4.62. The first-order valence-corrected chi connectivity index (χ1v) is 12.5. The van der Waals surface area contributed by atoms with Gasteiger partial charge in [0.25, 0.3) is 0 Å². The van der Waals surface area contributed by atoms with E-state index in [-0.39, 0.29) is 6.04 Å². The van der Waals surface area contributed by atoms with E-state index in [1.165, 1.54) is 9.14 Å². The van der Waals surface area contributed by atoms with Crippen LogP contribution in [0.25, 0.3) is 0 Å². The zero-order valence-electron chi connectivity index (χ0n) is 8.20. The number of thiol groups is 1. The van der Waals surface area contributed by atoms with E-state index in [4.69, 9.17) is 5.73 Å². The summed E-state index contributed by atoms with van der Waals surface area (Å²) in [6, 6.07) is 8.72. The summed E-state index contributed by atoms with van der Waals surface area (Å²) in [5.74, 6) is 0. The molecule has 0 aromatic heterocycles. The van der Waals surface area contributed by atoms with Gasteiger partial charge >= 0.3 is 93.2 Å². The molecule has 1 aromatic carbocycles. The predicted molar refractivity (Wildman–Crippen MR) is 65.5 cm³/mol. The third-order valence-corrected chi connectivity index (χ3v) is 12.1. The topological polar surface area (TPSA) is 26.0 Å². The van der Waals surface area contributed by atoms with E-state index in [0.717, 1.165) is 3.77 Å². The molecule has 0 radical (unpaired) electrons. The molecule has 0 bridgehead atoms.